The van der Waals surface area contributed by atoms with E-state index in [1.807, 2.05) is 0 Å². The minimum atomic E-state index is -0.238. The van der Waals surface area contributed by atoms with Crippen LogP contribution in [0.25, 0.3) is 0 Å². The summed E-state index contributed by atoms with van der Waals surface area (Å²) in [6, 6.07) is 6.74. The van der Waals surface area contributed by atoms with E-state index in [0.717, 1.165) is 25.7 Å². The van der Waals surface area contributed by atoms with Crippen molar-refractivity contribution in [1.82, 2.24) is 0 Å². The number of benzene rings is 1. The van der Waals surface area contributed by atoms with Crippen molar-refractivity contribution in [3.63, 3.8) is 0 Å². The van der Waals surface area contributed by atoms with Crippen molar-refractivity contribution >= 4 is 55.3 Å². The van der Waals surface area contributed by atoms with Crippen LogP contribution in [0.3, 0.4) is 0 Å². The molecule has 2 aliphatic carbocycles. The summed E-state index contributed by atoms with van der Waals surface area (Å²) in [5.41, 5.74) is 0.554. The number of nitrogens with zero attached hydrogens (tertiary/aromatic N) is 1. The normalized spacial score (nSPS) is 30.8. The molecule has 0 N–H and O–H groups in total. The van der Waals surface area contributed by atoms with Crippen molar-refractivity contribution < 1.29 is 19.1 Å². The molecule has 3 aliphatic rings. The fraction of sp³-hybridized carbons (Fsp3) is 0.640. The topological polar surface area (TPSA) is 63.7 Å². The van der Waals surface area contributed by atoms with Gasteiger partial charge >= 0.3 is 5.97 Å². The first-order chi connectivity index (χ1) is 15.4. The zero-order valence-corrected chi connectivity index (χ0v) is 21.6. The molecule has 7 heteroatoms. The van der Waals surface area contributed by atoms with Crippen LogP contribution < -0.4 is 9.64 Å². The minimum Gasteiger partial charge on any atom is -0.427 e. The molecule has 0 radical (unpaired) electrons. The summed E-state index contributed by atoms with van der Waals surface area (Å²) in [6.07, 6.45) is 9.40. The van der Waals surface area contributed by atoms with Crippen LogP contribution in [0.5, 0.6) is 5.75 Å². The highest BCUT2D eigenvalue weighted by Gasteiger charge is 2.66. The summed E-state index contributed by atoms with van der Waals surface area (Å²) in [5, 5.41) is 0. The van der Waals surface area contributed by atoms with Crippen LogP contribution in [0.15, 0.2) is 24.3 Å². The molecule has 2 amide bonds. The number of anilines is 1. The number of amides is 2. The van der Waals surface area contributed by atoms with Crippen molar-refractivity contribution in [3.8, 4) is 5.75 Å². The quantitative estimate of drug-likeness (QED) is 0.114. The fourth-order valence-electron chi connectivity index (χ4n) is 5.68. The molecular formula is C25H31Br2NO4. The lowest BCUT2D eigenvalue weighted by molar-refractivity contribution is -0.134. The molecule has 0 aromatic heterocycles. The Bertz CT molecular complexity index is 826. The molecule has 2 saturated carbocycles. The van der Waals surface area contributed by atoms with Crippen LogP contribution in [0.1, 0.15) is 64.7 Å². The van der Waals surface area contributed by atoms with Crippen molar-refractivity contribution in [1.29, 1.82) is 0 Å². The van der Waals surface area contributed by atoms with Gasteiger partial charge in [0.1, 0.15) is 5.75 Å². The molecule has 1 aromatic rings. The second-order valence-corrected chi connectivity index (χ2v) is 11.5. The third-order valence-electron chi connectivity index (χ3n) is 7.30. The summed E-state index contributed by atoms with van der Waals surface area (Å²) in [7, 11) is 0. The summed E-state index contributed by atoms with van der Waals surface area (Å²) in [4.78, 5) is 40.1. The number of hydrogen-bond acceptors (Lipinski definition) is 4. The third-order valence-corrected chi connectivity index (χ3v) is 10.5. The summed E-state index contributed by atoms with van der Waals surface area (Å²) in [6.45, 7) is 2.20. The average Bonchev–Trinajstić information content (AvgIpc) is 3.39. The van der Waals surface area contributed by atoms with Gasteiger partial charge in [0.2, 0.25) is 11.8 Å². The number of carbonyl (C=O) groups is 3. The lowest BCUT2D eigenvalue weighted by Crippen LogP contribution is -2.37. The Hall–Kier alpha value is -1.21. The molecule has 1 heterocycles. The average molecular weight is 569 g/mol. The van der Waals surface area contributed by atoms with Gasteiger partial charge < -0.3 is 4.74 Å². The lowest BCUT2D eigenvalue weighted by atomic mass is 9.81. The van der Waals surface area contributed by atoms with Gasteiger partial charge in [0.15, 0.2) is 0 Å². The molecule has 1 saturated heterocycles. The Balaban J connectivity index is 1.29. The van der Waals surface area contributed by atoms with Crippen LogP contribution in [-0.2, 0) is 14.4 Å². The smallest absolute Gasteiger partial charge is 0.311 e. The van der Waals surface area contributed by atoms with Crippen molar-refractivity contribution in [3.05, 3.63) is 24.3 Å². The second kappa shape index (κ2) is 10.4. The molecular weight excluding hydrogens is 538 g/mol. The van der Waals surface area contributed by atoms with E-state index in [1.165, 1.54) is 30.6 Å². The monoisotopic (exact) mass is 567 g/mol. The highest BCUT2D eigenvalue weighted by molar-refractivity contribution is 9.12. The zero-order chi connectivity index (χ0) is 22.8. The number of halogens is 2. The Morgan fingerprint density at radius 1 is 0.906 bits per heavy atom. The van der Waals surface area contributed by atoms with Crippen LogP contribution in [0.2, 0.25) is 0 Å². The molecule has 0 unspecified atom stereocenters. The molecule has 1 aliphatic heterocycles. The number of hydrogen-bond donors (Lipinski definition) is 0. The predicted molar refractivity (Wildman–Crippen MR) is 131 cm³/mol. The summed E-state index contributed by atoms with van der Waals surface area (Å²) < 4.78 is 5.44. The fourth-order valence-corrected chi connectivity index (χ4v) is 7.55. The third kappa shape index (κ3) is 4.56. The Morgan fingerprint density at radius 2 is 1.44 bits per heavy atom. The Morgan fingerprint density at radius 3 is 2.00 bits per heavy atom. The number of imide groups is 1. The summed E-state index contributed by atoms with van der Waals surface area (Å²) in [5.74, 6) is -0.0553. The maximum absolute atomic E-state index is 13.1. The Kier molecular flexibility index (Phi) is 7.76. The first-order valence-corrected chi connectivity index (χ1v) is 13.7. The van der Waals surface area contributed by atoms with E-state index in [9.17, 15) is 14.4 Å². The number of ether oxygens (including phenoxy) is 1. The Labute approximate surface area is 206 Å². The van der Waals surface area contributed by atoms with E-state index in [0.29, 0.717) is 17.9 Å². The molecule has 6 atom stereocenters. The van der Waals surface area contributed by atoms with E-state index >= 15 is 0 Å². The maximum Gasteiger partial charge on any atom is 0.311 e. The van der Waals surface area contributed by atoms with Crippen LogP contribution in [0.4, 0.5) is 5.69 Å². The van der Waals surface area contributed by atoms with Gasteiger partial charge in [0, 0.05) is 16.1 Å². The van der Waals surface area contributed by atoms with E-state index < -0.39 is 0 Å². The second-order valence-electron chi connectivity index (χ2n) is 9.36. The number of unbranched alkanes of at least 4 members (excludes halogenated alkanes) is 6. The highest BCUT2D eigenvalue weighted by Crippen LogP contribution is 2.60. The van der Waals surface area contributed by atoms with Crippen molar-refractivity contribution in [2.45, 2.75) is 74.4 Å². The van der Waals surface area contributed by atoms with Gasteiger partial charge in [-0.15, -0.1) is 0 Å². The van der Waals surface area contributed by atoms with Crippen molar-refractivity contribution in [2.75, 3.05) is 4.90 Å². The first-order valence-electron chi connectivity index (χ1n) is 11.9. The molecule has 2 bridgehead atoms. The molecule has 174 valence electrons. The molecule has 1 aromatic carbocycles. The first kappa shape index (κ1) is 23.9. The van der Waals surface area contributed by atoms with Crippen LogP contribution in [0, 0.1) is 23.7 Å². The van der Waals surface area contributed by atoms with Gasteiger partial charge in [-0.05, 0) is 48.9 Å². The lowest BCUT2D eigenvalue weighted by Gasteiger charge is -2.28. The predicted octanol–water partition coefficient (Wildman–Crippen LogP) is 6.02. The van der Waals surface area contributed by atoms with E-state index in [-0.39, 0.29) is 51.1 Å². The highest BCUT2D eigenvalue weighted by atomic mass is 79.9. The number of alkyl halides is 2. The van der Waals surface area contributed by atoms with Gasteiger partial charge in [-0.25, -0.2) is 0 Å². The maximum atomic E-state index is 13.1. The molecule has 4 rings (SSSR count). The van der Waals surface area contributed by atoms with Crippen LogP contribution in [-0.4, -0.2) is 27.4 Å². The standard InChI is InChI=1S/C25H31Br2NO4/c1-2-3-4-5-6-7-8-9-19(29)32-16-12-10-15(11-13-16)28-24(30)20-17-14-18(21(20)25(28)31)23(27)22(17)26/h10-13,17-18,20-23H,2-9,14H2,1H3/t17-,18-,20-,21-,22+,23+/m1/s1. The molecule has 0 spiro atoms. The molecule has 5 nitrogen and oxygen atoms in total. The van der Waals surface area contributed by atoms with E-state index in [4.69, 9.17) is 4.74 Å². The van der Waals surface area contributed by atoms with E-state index in [1.54, 1.807) is 24.3 Å². The minimum absolute atomic E-state index is 0.0972. The van der Waals surface area contributed by atoms with E-state index in [2.05, 4.69) is 38.8 Å². The van der Waals surface area contributed by atoms with Gasteiger partial charge in [-0.2, -0.15) is 0 Å². The largest absolute Gasteiger partial charge is 0.427 e. The molecule has 32 heavy (non-hydrogen) atoms. The number of rotatable bonds is 10. The zero-order valence-electron chi connectivity index (χ0n) is 18.5. The van der Waals surface area contributed by atoms with Crippen molar-refractivity contribution in [2.24, 2.45) is 23.7 Å². The number of esters is 1. The van der Waals surface area contributed by atoms with Gasteiger partial charge in [0.05, 0.1) is 17.5 Å². The number of carbonyl (C=O) groups excluding carboxylic acids is 3. The van der Waals surface area contributed by atoms with Gasteiger partial charge in [-0.1, -0.05) is 77.3 Å². The SMILES string of the molecule is CCCCCCCCCC(=O)Oc1ccc(N2C(=O)[C@@H]3[C@H]4C[C@@H]([C@H](Br)[C@H]4Br)[C@H]3C2=O)cc1. The summed E-state index contributed by atoms with van der Waals surface area (Å²) >= 11 is 7.42. The molecule has 3 fully saturated rings. The van der Waals surface area contributed by atoms with Gasteiger partial charge in [0.25, 0.3) is 0 Å². The van der Waals surface area contributed by atoms with Crippen LogP contribution >= 0.6 is 31.9 Å². The van der Waals surface area contributed by atoms with Gasteiger partial charge in [-0.3, -0.25) is 19.3 Å². The number of fused-ring (bicyclic) bond motifs is 5.